The van der Waals surface area contributed by atoms with Crippen molar-refractivity contribution >= 4 is 39.0 Å². The molecule has 4 N–H and O–H groups in total. The molecule has 1 aromatic heterocycles. The lowest BCUT2D eigenvalue weighted by Gasteiger charge is -2.02. The van der Waals surface area contributed by atoms with E-state index in [9.17, 15) is 9.00 Å². The number of nitrogens with zero attached hydrogens (tertiary/aromatic N) is 1. The Bertz CT molecular complexity index is 448. The maximum atomic E-state index is 11.9. The molecule has 19 heavy (non-hydrogen) atoms. The summed E-state index contributed by atoms with van der Waals surface area (Å²) >= 11 is 1.25. The number of nitrogen functional groups attached to an aromatic ring is 1. The van der Waals surface area contributed by atoms with E-state index in [0.717, 1.165) is 13.0 Å². The van der Waals surface area contributed by atoms with Gasteiger partial charge in [0.05, 0.1) is 0 Å². The van der Waals surface area contributed by atoms with Crippen molar-refractivity contribution < 1.29 is 9.00 Å². The minimum Gasteiger partial charge on any atom is -0.382 e. The molecule has 1 atom stereocenters. The van der Waals surface area contributed by atoms with E-state index in [1.165, 1.54) is 11.3 Å². The number of thiazole rings is 1. The van der Waals surface area contributed by atoms with E-state index in [1.54, 1.807) is 6.26 Å². The van der Waals surface area contributed by atoms with Crippen LogP contribution in [0.4, 0.5) is 10.9 Å². The average Bonchev–Trinajstić information content (AvgIpc) is 2.73. The summed E-state index contributed by atoms with van der Waals surface area (Å²) in [7, 11) is -0.825. The number of carbonyl (C=O) groups is 1. The quantitative estimate of drug-likeness (QED) is 0.624. The van der Waals surface area contributed by atoms with E-state index in [4.69, 9.17) is 5.73 Å². The molecule has 0 fully saturated rings. The van der Waals surface area contributed by atoms with Crippen molar-refractivity contribution in [2.24, 2.45) is 0 Å². The maximum Gasteiger partial charge on any atom is 0.265 e. The number of hydrogen-bond donors (Lipinski definition) is 3. The van der Waals surface area contributed by atoms with Gasteiger partial charge >= 0.3 is 0 Å². The number of nitrogens with two attached hydrogens (primary N) is 1. The second-order valence-electron chi connectivity index (χ2n) is 4.05. The molecule has 1 heterocycles. The molecule has 0 saturated carbocycles. The van der Waals surface area contributed by atoms with Gasteiger partial charge in [0.1, 0.15) is 10.7 Å². The largest absolute Gasteiger partial charge is 0.382 e. The third-order valence-corrected chi connectivity index (χ3v) is 4.17. The van der Waals surface area contributed by atoms with E-state index in [2.05, 4.69) is 22.5 Å². The highest BCUT2D eigenvalue weighted by molar-refractivity contribution is 7.84. The first kappa shape index (κ1) is 15.9. The second kappa shape index (κ2) is 8.11. The van der Waals surface area contributed by atoms with Gasteiger partial charge in [0.2, 0.25) is 0 Å². The molecule has 0 aliphatic rings. The smallest absolute Gasteiger partial charge is 0.265 e. The summed E-state index contributed by atoms with van der Waals surface area (Å²) in [6, 6.07) is 0. The number of rotatable bonds is 8. The van der Waals surface area contributed by atoms with Crippen LogP contribution in [-0.4, -0.2) is 40.2 Å². The van der Waals surface area contributed by atoms with Crippen LogP contribution in [0.25, 0.3) is 0 Å². The van der Waals surface area contributed by atoms with Gasteiger partial charge < -0.3 is 16.4 Å². The Balaban J connectivity index is 2.47. The predicted molar refractivity (Wildman–Crippen MR) is 81.2 cm³/mol. The van der Waals surface area contributed by atoms with Crippen molar-refractivity contribution in [1.29, 1.82) is 0 Å². The Morgan fingerprint density at radius 3 is 2.84 bits per heavy atom. The highest BCUT2D eigenvalue weighted by Gasteiger charge is 2.15. The Kier molecular flexibility index (Phi) is 6.79. The Morgan fingerprint density at radius 2 is 2.21 bits per heavy atom. The molecule has 8 heteroatoms. The third kappa shape index (κ3) is 5.56. The van der Waals surface area contributed by atoms with E-state index >= 15 is 0 Å². The normalized spacial score (nSPS) is 12.1. The molecule has 1 amide bonds. The third-order valence-electron chi connectivity index (χ3n) is 2.28. The number of amides is 1. The number of carbonyl (C=O) groups excluding carboxylic acids is 1. The highest BCUT2D eigenvalue weighted by atomic mass is 32.2. The fourth-order valence-corrected chi connectivity index (χ4v) is 2.74. The summed E-state index contributed by atoms with van der Waals surface area (Å²) in [5, 5.41) is 6.52. The molecule has 108 valence electrons. The highest BCUT2D eigenvalue weighted by Crippen LogP contribution is 2.24. The molecule has 0 spiro atoms. The van der Waals surface area contributed by atoms with Crippen molar-refractivity contribution in [3.63, 3.8) is 0 Å². The Hall–Kier alpha value is -1.15. The van der Waals surface area contributed by atoms with Crippen molar-refractivity contribution in [2.75, 3.05) is 36.1 Å². The average molecular weight is 304 g/mol. The van der Waals surface area contributed by atoms with Gasteiger partial charge in [-0.05, 0) is 12.8 Å². The lowest BCUT2D eigenvalue weighted by Crippen LogP contribution is -2.25. The molecule has 1 rings (SSSR count). The summed E-state index contributed by atoms with van der Waals surface area (Å²) in [6.45, 7) is 3.35. The lowest BCUT2D eigenvalue weighted by molar-refractivity contribution is 0.0958. The Morgan fingerprint density at radius 1 is 1.47 bits per heavy atom. The molecular formula is C11H20N4O2S2. The van der Waals surface area contributed by atoms with Crippen molar-refractivity contribution in [3.05, 3.63) is 4.88 Å². The monoisotopic (exact) mass is 304 g/mol. The lowest BCUT2D eigenvalue weighted by atomic mass is 10.4. The summed E-state index contributed by atoms with van der Waals surface area (Å²) in [5.74, 6) is 0.614. The van der Waals surface area contributed by atoms with Crippen LogP contribution in [0, 0.1) is 0 Å². The molecular weight excluding hydrogens is 284 g/mol. The molecule has 0 aliphatic carbocycles. The second-order valence-corrected chi connectivity index (χ2v) is 6.60. The molecule has 0 aromatic carbocycles. The number of nitrogens with one attached hydrogen (secondary N) is 2. The standard InChI is InChI=1S/C11H20N4O2S2/c1-3-5-14-11-15-9(12)8(18-11)10(16)13-6-4-7-19(2)17/h3-7,12H2,1-2H3,(H,13,16)(H,14,15). The van der Waals surface area contributed by atoms with Gasteiger partial charge in [-0.3, -0.25) is 9.00 Å². The van der Waals surface area contributed by atoms with Crippen molar-refractivity contribution in [1.82, 2.24) is 10.3 Å². The van der Waals surface area contributed by atoms with E-state index < -0.39 is 10.8 Å². The van der Waals surface area contributed by atoms with Gasteiger partial charge in [-0.1, -0.05) is 18.3 Å². The van der Waals surface area contributed by atoms with Crippen LogP contribution in [0.15, 0.2) is 0 Å². The zero-order valence-corrected chi connectivity index (χ0v) is 12.8. The predicted octanol–water partition coefficient (Wildman–Crippen LogP) is 1.05. The summed E-state index contributed by atoms with van der Waals surface area (Å²) in [4.78, 5) is 16.4. The van der Waals surface area contributed by atoms with Gasteiger partial charge in [-0.15, -0.1) is 0 Å². The first-order chi connectivity index (χ1) is 9.04. The summed E-state index contributed by atoms with van der Waals surface area (Å²) in [5.41, 5.74) is 5.72. The van der Waals surface area contributed by atoms with E-state index in [1.807, 2.05) is 0 Å². The molecule has 6 nitrogen and oxygen atoms in total. The summed E-state index contributed by atoms with van der Waals surface area (Å²) in [6.07, 6.45) is 3.32. The zero-order valence-electron chi connectivity index (χ0n) is 11.2. The van der Waals surface area contributed by atoms with Crippen molar-refractivity contribution in [2.45, 2.75) is 19.8 Å². The van der Waals surface area contributed by atoms with E-state index in [-0.39, 0.29) is 11.7 Å². The molecule has 0 radical (unpaired) electrons. The number of hydrogen-bond acceptors (Lipinski definition) is 6. The van der Waals surface area contributed by atoms with Gasteiger partial charge in [-0.25, -0.2) is 4.98 Å². The fourth-order valence-electron chi connectivity index (χ4n) is 1.36. The maximum absolute atomic E-state index is 11.9. The van der Waals surface area contributed by atoms with Crippen LogP contribution in [0.5, 0.6) is 0 Å². The SMILES string of the molecule is CCCNc1nc(N)c(C(=O)NCCCS(C)=O)s1. The van der Waals surface area contributed by atoms with Gasteiger partial charge in [0, 0.05) is 35.9 Å². The zero-order chi connectivity index (χ0) is 14.3. The number of anilines is 2. The minimum absolute atomic E-state index is 0.221. The van der Waals surface area contributed by atoms with Gasteiger partial charge in [-0.2, -0.15) is 0 Å². The minimum atomic E-state index is -0.825. The summed E-state index contributed by atoms with van der Waals surface area (Å²) < 4.78 is 10.9. The molecule has 0 saturated heterocycles. The van der Waals surface area contributed by atoms with Crippen LogP contribution in [-0.2, 0) is 10.8 Å². The first-order valence-corrected chi connectivity index (χ1v) is 8.67. The van der Waals surface area contributed by atoms with Gasteiger partial charge in [0.25, 0.3) is 5.91 Å². The molecule has 1 unspecified atom stereocenters. The Labute approximate surface area is 119 Å². The van der Waals surface area contributed by atoms with Gasteiger partial charge in [0.15, 0.2) is 5.13 Å². The van der Waals surface area contributed by atoms with Crippen LogP contribution in [0.2, 0.25) is 0 Å². The van der Waals surface area contributed by atoms with Crippen LogP contribution >= 0.6 is 11.3 Å². The fraction of sp³-hybridized carbons (Fsp3) is 0.636. The number of aromatic nitrogens is 1. The topological polar surface area (TPSA) is 97.1 Å². The molecule has 0 bridgehead atoms. The first-order valence-electron chi connectivity index (χ1n) is 6.13. The molecule has 0 aliphatic heterocycles. The van der Waals surface area contributed by atoms with Crippen LogP contribution in [0.3, 0.4) is 0 Å². The van der Waals surface area contributed by atoms with Crippen molar-refractivity contribution in [3.8, 4) is 0 Å². The molecule has 1 aromatic rings. The van der Waals surface area contributed by atoms with Crippen LogP contribution in [0.1, 0.15) is 29.4 Å². The van der Waals surface area contributed by atoms with E-state index in [0.29, 0.717) is 28.7 Å². The van der Waals surface area contributed by atoms with Crippen LogP contribution < -0.4 is 16.4 Å².